The van der Waals surface area contributed by atoms with Crippen LogP contribution >= 0.6 is 0 Å². The molecule has 6 heteroatoms. The van der Waals surface area contributed by atoms with Crippen molar-refractivity contribution in [1.29, 1.82) is 5.26 Å². The molecule has 0 spiro atoms. The van der Waals surface area contributed by atoms with Crippen molar-refractivity contribution in [2.24, 2.45) is 0 Å². The van der Waals surface area contributed by atoms with E-state index in [2.05, 4.69) is 5.32 Å². The third kappa shape index (κ3) is 5.36. The van der Waals surface area contributed by atoms with Crippen LogP contribution in [-0.2, 0) is 14.3 Å². The van der Waals surface area contributed by atoms with Crippen LogP contribution in [0.5, 0.6) is 5.75 Å². The normalized spacial score (nSPS) is 12.4. The van der Waals surface area contributed by atoms with Crippen molar-refractivity contribution in [3.8, 4) is 11.8 Å². The third-order valence-corrected chi connectivity index (χ3v) is 3.33. The fourth-order valence-electron chi connectivity index (χ4n) is 1.95. The van der Waals surface area contributed by atoms with Crippen LogP contribution in [0.4, 0.5) is 5.69 Å². The summed E-state index contributed by atoms with van der Waals surface area (Å²) in [6.45, 7) is 3.02. The van der Waals surface area contributed by atoms with Crippen LogP contribution in [0.25, 0.3) is 0 Å². The molecule has 25 heavy (non-hydrogen) atoms. The van der Waals surface area contributed by atoms with Gasteiger partial charge in [0.05, 0.1) is 11.6 Å². The Bertz CT molecular complexity index is 766. The third-order valence-electron chi connectivity index (χ3n) is 3.33. The van der Waals surface area contributed by atoms with E-state index in [9.17, 15) is 9.59 Å². The van der Waals surface area contributed by atoms with Gasteiger partial charge < -0.3 is 14.8 Å². The fourth-order valence-corrected chi connectivity index (χ4v) is 1.95. The zero-order chi connectivity index (χ0) is 18.2. The molecule has 0 aliphatic rings. The van der Waals surface area contributed by atoms with Gasteiger partial charge in [-0.2, -0.15) is 5.26 Å². The molecule has 0 saturated carbocycles. The quantitative estimate of drug-likeness (QED) is 0.818. The van der Waals surface area contributed by atoms with Gasteiger partial charge in [0.25, 0.3) is 5.91 Å². The summed E-state index contributed by atoms with van der Waals surface area (Å²) in [7, 11) is 0. The van der Waals surface area contributed by atoms with Crippen LogP contribution in [0, 0.1) is 11.3 Å². The minimum absolute atomic E-state index is 0.426. The maximum Gasteiger partial charge on any atom is 0.347 e. The van der Waals surface area contributed by atoms with Crippen molar-refractivity contribution in [3.05, 3.63) is 60.2 Å². The highest BCUT2D eigenvalue weighted by molar-refractivity contribution is 5.95. The van der Waals surface area contributed by atoms with Crippen molar-refractivity contribution >= 4 is 17.6 Å². The molecule has 0 aliphatic carbocycles. The molecule has 0 radical (unpaired) electrons. The Labute approximate surface area is 146 Å². The molecule has 1 amide bonds. The van der Waals surface area contributed by atoms with Gasteiger partial charge in [0, 0.05) is 5.69 Å². The zero-order valence-electron chi connectivity index (χ0n) is 13.9. The summed E-state index contributed by atoms with van der Waals surface area (Å²) in [4.78, 5) is 24.1. The lowest BCUT2D eigenvalue weighted by molar-refractivity contribution is -0.159. The molecule has 0 aromatic heterocycles. The smallest absolute Gasteiger partial charge is 0.347 e. The van der Waals surface area contributed by atoms with Crippen LogP contribution in [0.15, 0.2) is 54.6 Å². The Kier molecular flexibility index (Phi) is 6.13. The van der Waals surface area contributed by atoms with E-state index in [-0.39, 0.29) is 0 Å². The molecule has 0 heterocycles. The highest BCUT2D eigenvalue weighted by Crippen LogP contribution is 2.14. The lowest BCUT2D eigenvalue weighted by atomic mass is 10.2. The highest BCUT2D eigenvalue weighted by Gasteiger charge is 2.23. The van der Waals surface area contributed by atoms with Gasteiger partial charge in [0.1, 0.15) is 5.75 Å². The van der Waals surface area contributed by atoms with Crippen molar-refractivity contribution in [2.45, 2.75) is 26.1 Å². The summed E-state index contributed by atoms with van der Waals surface area (Å²) >= 11 is 0. The molecule has 0 fully saturated rings. The van der Waals surface area contributed by atoms with Gasteiger partial charge in [-0.25, -0.2) is 4.79 Å². The molecule has 1 N–H and O–H groups in total. The molecule has 0 saturated heterocycles. The van der Waals surface area contributed by atoms with Crippen LogP contribution in [0.1, 0.15) is 19.4 Å². The number of ether oxygens (including phenoxy) is 2. The minimum Gasteiger partial charge on any atom is -0.479 e. The van der Waals surface area contributed by atoms with Gasteiger partial charge in [-0.15, -0.1) is 0 Å². The van der Waals surface area contributed by atoms with E-state index < -0.39 is 24.1 Å². The lowest BCUT2D eigenvalue weighted by Gasteiger charge is -2.17. The van der Waals surface area contributed by atoms with Crippen LogP contribution in [-0.4, -0.2) is 24.1 Å². The molecule has 0 aliphatic heterocycles. The highest BCUT2D eigenvalue weighted by atomic mass is 16.6. The minimum atomic E-state index is -0.959. The average molecular weight is 338 g/mol. The predicted molar refractivity (Wildman–Crippen MR) is 91.9 cm³/mol. The lowest BCUT2D eigenvalue weighted by Crippen LogP contribution is -2.35. The number of amides is 1. The first kappa shape index (κ1) is 18.0. The number of nitriles is 1. The number of esters is 1. The van der Waals surface area contributed by atoms with Gasteiger partial charge in [0.2, 0.25) is 0 Å². The van der Waals surface area contributed by atoms with Crippen LogP contribution < -0.4 is 10.1 Å². The number of hydrogen-bond acceptors (Lipinski definition) is 5. The zero-order valence-corrected chi connectivity index (χ0v) is 13.9. The molecule has 2 atom stereocenters. The molecule has 2 aromatic carbocycles. The van der Waals surface area contributed by atoms with E-state index in [0.29, 0.717) is 17.0 Å². The molecule has 0 bridgehead atoms. The number of carbonyl (C=O) groups is 2. The Morgan fingerprint density at radius 2 is 1.64 bits per heavy atom. The number of carbonyl (C=O) groups excluding carboxylic acids is 2. The Balaban J connectivity index is 1.86. The largest absolute Gasteiger partial charge is 0.479 e. The van der Waals surface area contributed by atoms with Crippen molar-refractivity contribution in [1.82, 2.24) is 0 Å². The van der Waals surface area contributed by atoms with E-state index in [1.807, 2.05) is 12.1 Å². The number of nitrogens with one attached hydrogen (secondary N) is 1. The van der Waals surface area contributed by atoms with Crippen LogP contribution in [0.2, 0.25) is 0 Å². The number of hydrogen-bond donors (Lipinski definition) is 1. The number of benzene rings is 2. The monoisotopic (exact) mass is 338 g/mol. The molecular weight excluding hydrogens is 320 g/mol. The fraction of sp³-hybridized carbons (Fsp3) is 0.211. The first-order chi connectivity index (χ1) is 12.0. The number of nitrogens with zero attached hydrogens (tertiary/aromatic N) is 1. The van der Waals surface area contributed by atoms with Gasteiger partial charge in [-0.05, 0) is 50.2 Å². The van der Waals surface area contributed by atoms with Gasteiger partial charge in [0.15, 0.2) is 12.2 Å². The number of anilines is 1. The molecule has 2 aromatic rings. The van der Waals surface area contributed by atoms with Crippen molar-refractivity contribution in [2.75, 3.05) is 5.32 Å². The topological polar surface area (TPSA) is 88.4 Å². The van der Waals surface area contributed by atoms with E-state index in [4.69, 9.17) is 14.7 Å². The summed E-state index contributed by atoms with van der Waals surface area (Å²) < 4.78 is 10.6. The number of rotatable bonds is 6. The summed E-state index contributed by atoms with van der Waals surface area (Å²) in [5.74, 6) is -0.643. The molecular formula is C19H18N2O4. The Morgan fingerprint density at radius 3 is 2.24 bits per heavy atom. The maximum absolute atomic E-state index is 12.1. The van der Waals surface area contributed by atoms with Crippen LogP contribution in [0.3, 0.4) is 0 Å². The standard InChI is InChI=1S/C19H18N2O4/c1-13(18(22)21-16-6-4-3-5-7-16)25-19(23)14(2)24-17-10-8-15(12-20)9-11-17/h3-11,13-14H,1-2H3,(H,21,22)/t13-,14+/m0/s1. The Morgan fingerprint density at radius 1 is 1.00 bits per heavy atom. The second-order valence-corrected chi connectivity index (χ2v) is 5.33. The Hall–Kier alpha value is -3.33. The van der Waals surface area contributed by atoms with E-state index in [1.54, 1.807) is 48.5 Å². The second kappa shape index (κ2) is 8.50. The molecule has 2 rings (SSSR count). The van der Waals surface area contributed by atoms with Gasteiger partial charge in [-0.1, -0.05) is 18.2 Å². The van der Waals surface area contributed by atoms with E-state index >= 15 is 0 Å². The number of para-hydroxylation sites is 1. The van der Waals surface area contributed by atoms with Gasteiger partial charge in [-0.3, -0.25) is 4.79 Å². The van der Waals surface area contributed by atoms with Crippen molar-refractivity contribution in [3.63, 3.8) is 0 Å². The maximum atomic E-state index is 12.1. The van der Waals surface area contributed by atoms with Crippen molar-refractivity contribution < 1.29 is 19.1 Å². The molecule has 0 unspecified atom stereocenters. The SMILES string of the molecule is C[C@H](OC(=O)[C@@H](C)Oc1ccc(C#N)cc1)C(=O)Nc1ccccc1. The summed E-state index contributed by atoms with van der Waals surface area (Å²) in [6, 6.07) is 17.2. The summed E-state index contributed by atoms with van der Waals surface area (Å²) in [5, 5.41) is 11.4. The van der Waals surface area contributed by atoms with Gasteiger partial charge >= 0.3 is 5.97 Å². The molecule has 128 valence electrons. The second-order valence-electron chi connectivity index (χ2n) is 5.33. The predicted octanol–water partition coefficient (Wildman–Crippen LogP) is 2.90. The van der Waals surface area contributed by atoms with E-state index in [1.165, 1.54) is 13.8 Å². The first-order valence-electron chi connectivity index (χ1n) is 7.73. The first-order valence-corrected chi connectivity index (χ1v) is 7.73. The summed E-state index contributed by atoms with van der Waals surface area (Å²) in [6.07, 6.45) is -1.85. The average Bonchev–Trinajstić information content (AvgIpc) is 2.63. The molecule has 6 nitrogen and oxygen atoms in total. The van der Waals surface area contributed by atoms with E-state index in [0.717, 1.165) is 0 Å². The summed E-state index contributed by atoms with van der Waals surface area (Å²) in [5.41, 5.74) is 1.12.